The van der Waals surface area contributed by atoms with Gasteiger partial charge in [0.05, 0.1) is 39.2 Å². The van der Waals surface area contributed by atoms with Crippen molar-refractivity contribution in [3.8, 4) is 73.0 Å². The van der Waals surface area contributed by atoms with Crippen LogP contribution in [0.25, 0.3) is 94.8 Å². The Morgan fingerprint density at radius 3 is 1.49 bits per heavy atom. The number of hydrogen-bond acceptors (Lipinski definition) is 2. The quantitative estimate of drug-likeness (QED) is 0.149. The van der Waals surface area contributed by atoms with E-state index in [0.29, 0.717) is 61.6 Å². The predicted octanol–water partition coefficient (Wildman–Crippen LogP) is 16.2. The maximum atomic E-state index is 14.5. The maximum absolute atomic E-state index is 14.5. The van der Waals surface area contributed by atoms with Crippen LogP contribution in [0.15, 0.2) is 188 Å². The Hall–Kier alpha value is -7.78. The van der Waals surface area contributed by atoms with Crippen molar-refractivity contribution in [2.24, 2.45) is 0 Å². The average Bonchev–Trinajstić information content (AvgIpc) is 3.64. The smallest absolute Gasteiger partial charge is 0.308 e. The van der Waals surface area contributed by atoms with Crippen LogP contribution in [-0.4, -0.2) is 14.5 Å². The van der Waals surface area contributed by atoms with Gasteiger partial charge in [0.2, 0.25) is 0 Å². The van der Waals surface area contributed by atoms with E-state index in [4.69, 9.17) is 9.97 Å². The molecule has 2 heterocycles. The van der Waals surface area contributed by atoms with Crippen LogP contribution < -0.4 is 0 Å². The first-order valence-corrected chi connectivity index (χ1v) is 20.9. The molecule has 0 radical (unpaired) electrons. The van der Waals surface area contributed by atoms with E-state index in [1.807, 2.05) is 140 Å². The second-order valence-corrected chi connectivity index (χ2v) is 16.2. The number of fused-ring (bicyclic) bond motifs is 3. The number of aromatic nitrogens is 3. The van der Waals surface area contributed by atoms with Crippen molar-refractivity contribution < 1.29 is 26.3 Å². The lowest BCUT2D eigenvalue weighted by Crippen LogP contribution is -2.07. The zero-order valence-electron chi connectivity index (χ0n) is 35.0. The third-order valence-electron chi connectivity index (χ3n) is 11.8. The highest BCUT2D eigenvalue weighted by Gasteiger charge is 2.34. The Bertz CT molecular complexity index is 3330. The molecule has 0 atom stereocenters. The van der Waals surface area contributed by atoms with E-state index in [9.17, 15) is 26.3 Å². The number of alkyl halides is 6. The molecule has 0 fully saturated rings. The largest absolute Gasteiger partial charge is 0.417 e. The first kappa shape index (κ1) is 41.2. The first-order chi connectivity index (χ1) is 31.3. The molecule has 0 aliphatic rings. The highest BCUT2D eigenvalue weighted by Crippen LogP contribution is 2.46. The van der Waals surface area contributed by atoms with E-state index in [1.54, 1.807) is 25.1 Å². The van der Waals surface area contributed by atoms with Crippen LogP contribution in [0.2, 0.25) is 0 Å². The lowest BCUT2D eigenvalue weighted by atomic mass is 9.91. The lowest BCUT2D eigenvalue weighted by molar-refractivity contribution is -0.138. The maximum Gasteiger partial charge on any atom is 0.417 e. The Balaban J connectivity index is 1.30. The first-order valence-electron chi connectivity index (χ1n) is 20.9. The normalized spacial score (nSPS) is 12.0. The van der Waals surface area contributed by atoms with Gasteiger partial charge >= 0.3 is 12.4 Å². The minimum Gasteiger partial charge on any atom is -0.308 e. The second kappa shape index (κ2) is 16.1. The Labute approximate surface area is 371 Å². The van der Waals surface area contributed by atoms with Crippen molar-refractivity contribution in [3.05, 3.63) is 210 Å². The predicted molar refractivity (Wildman–Crippen MR) is 248 cm³/mol. The summed E-state index contributed by atoms with van der Waals surface area (Å²) in [5.41, 5.74) is 8.97. The molecule has 0 amide bonds. The Kier molecular flexibility index (Phi) is 10.2. The van der Waals surface area contributed by atoms with Crippen LogP contribution in [0.3, 0.4) is 0 Å². The monoisotopic (exact) mass is 865 g/mol. The molecule has 9 heteroatoms. The fourth-order valence-electron chi connectivity index (χ4n) is 8.63. The van der Waals surface area contributed by atoms with Gasteiger partial charge in [-0.3, -0.25) is 0 Å². The van der Waals surface area contributed by atoms with E-state index in [1.165, 1.54) is 18.2 Å². The standard InChI is InChI=1S/C56H37F6N3/c1-34-17-20-36(21-18-34)45-31-41(54-63-49(38-11-5-3-6-12-38)33-50(64-54)39-13-7-4-8-14-39)32-46(37-22-25-42(26-23-37)55(57,58)59)53(45)65-51-16-10-9-15-44(51)47-30-40(24-28-52(47)65)43-27-19-35(2)29-48(43)56(60,61)62/h3-33H,1-2H3. The number of benzene rings is 8. The van der Waals surface area contributed by atoms with Crippen molar-refractivity contribution in [2.45, 2.75) is 26.2 Å². The molecule has 0 saturated carbocycles. The summed E-state index contributed by atoms with van der Waals surface area (Å²) in [5, 5.41) is 1.49. The van der Waals surface area contributed by atoms with Crippen molar-refractivity contribution in [3.63, 3.8) is 0 Å². The van der Waals surface area contributed by atoms with E-state index in [0.717, 1.165) is 56.9 Å². The SMILES string of the molecule is Cc1ccc(-c2cc(-c3nc(-c4ccccc4)cc(-c4ccccc4)n3)cc(-c3ccc(C(F)(F)F)cc3)c2-n2c3ccccc3c3cc(-c4ccc(C)cc4C(F)(F)F)ccc32)cc1. The van der Waals surface area contributed by atoms with Gasteiger partial charge in [0.1, 0.15) is 0 Å². The van der Waals surface area contributed by atoms with Crippen LogP contribution in [0.4, 0.5) is 26.3 Å². The molecular weight excluding hydrogens is 829 g/mol. The summed E-state index contributed by atoms with van der Waals surface area (Å²) in [6.07, 6.45) is -9.15. The minimum atomic E-state index is -4.59. The molecule has 0 bridgehead atoms. The number of rotatable bonds is 7. The lowest BCUT2D eigenvalue weighted by Gasteiger charge is -2.21. The van der Waals surface area contributed by atoms with Gasteiger partial charge in [-0.1, -0.05) is 145 Å². The van der Waals surface area contributed by atoms with Gasteiger partial charge in [-0.2, -0.15) is 26.3 Å². The van der Waals surface area contributed by atoms with Crippen LogP contribution >= 0.6 is 0 Å². The second-order valence-electron chi connectivity index (χ2n) is 16.2. The average molecular weight is 866 g/mol. The Morgan fingerprint density at radius 1 is 0.385 bits per heavy atom. The summed E-state index contributed by atoms with van der Waals surface area (Å²) in [6.45, 7) is 3.63. The molecule has 0 saturated heterocycles. The van der Waals surface area contributed by atoms with Gasteiger partial charge in [-0.25, -0.2) is 9.97 Å². The van der Waals surface area contributed by atoms with Gasteiger partial charge < -0.3 is 4.57 Å². The number of aryl methyl sites for hydroxylation is 2. The highest BCUT2D eigenvalue weighted by atomic mass is 19.4. The van der Waals surface area contributed by atoms with E-state index in [-0.39, 0.29) is 5.56 Å². The third kappa shape index (κ3) is 7.84. The van der Waals surface area contributed by atoms with Gasteiger partial charge in [-0.05, 0) is 90.7 Å². The fraction of sp³-hybridized carbons (Fsp3) is 0.0714. The van der Waals surface area contributed by atoms with Crippen LogP contribution in [-0.2, 0) is 12.4 Å². The highest BCUT2D eigenvalue weighted by molar-refractivity contribution is 6.12. The van der Waals surface area contributed by atoms with E-state index in [2.05, 4.69) is 4.57 Å². The summed E-state index contributed by atoms with van der Waals surface area (Å²) < 4.78 is 88.0. The molecule has 2 aromatic heterocycles. The molecule has 3 nitrogen and oxygen atoms in total. The van der Waals surface area contributed by atoms with Gasteiger partial charge in [-0.15, -0.1) is 0 Å². The molecule has 10 rings (SSSR count). The molecule has 10 aromatic rings. The van der Waals surface area contributed by atoms with E-state index < -0.39 is 23.5 Å². The van der Waals surface area contributed by atoms with Crippen molar-refractivity contribution in [1.82, 2.24) is 14.5 Å². The van der Waals surface area contributed by atoms with Gasteiger partial charge in [0.15, 0.2) is 5.82 Å². The molecular formula is C56H37F6N3. The van der Waals surface area contributed by atoms with E-state index >= 15 is 0 Å². The summed E-state index contributed by atoms with van der Waals surface area (Å²) in [6, 6.07) is 55.9. The summed E-state index contributed by atoms with van der Waals surface area (Å²) in [4.78, 5) is 10.3. The molecule has 8 aromatic carbocycles. The van der Waals surface area contributed by atoms with Crippen LogP contribution in [0.5, 0.6) is 0 Å². The van der Waals surface area contributed by atoms with Gasteiger partial charge in [0, 0.05) is 38.6 Å². The number of para-hydroxylation sites is 1. The molecule has 65 heavy (non-hydrogen) atoms. The van der Waals surface area contributed by atoms with Crippen molar-refractivity contribution >= 4 is 21.8 Å². The molecule has 0 aliphatic heterocycles. The van der Waals surface area contributed by atoms with Gasteiger partial charge in [0.25, 0.3) is 0 Å². The minimum absolute atomic E-state index is 0.0598. The van der Waals surface area contributed by atoms with Crippen LogP contribution in [0, 0.1) is 13.8 Å². The number of hydrogen-bond donors (Lipinski definition) is 0. The summed E-state index contributed by atoms with van der Waals surface area (Å²) >= 11 is 0. The summed E-state index contributed by atoms with van der Waals surface area (Å²) in [7, 11) is 0. The van der Waals surface area contributed by atoms with Crippen molar-refractivity contribution in [2.75, 3.05) is 0 Å². The molecule has 0 aliphatic carbocycles. The zero-order chi connectivity index (χ0) is 45.0. The molecule has 0 spiro atoms. The summed E-state index contributed by atoms with van der Waals surface area (Å²) in [5.74, 6) is 0.406. The third-order valence-corrected chi connectivity index (χ3v) is 11.8. The fourth-order valence-corrected chi connectivity index (χ4v) is 8.63. The molecule has 318 valence electrons. The van der Waals surface area contributed by atoms with Crippen molar-refractivity contribution in [1.29, 1.82) is 0 Å². The molecule has 0 unspecified atom stereocenters. The zero-order valence-corrected chi connectivity index (χ0v) is 35.0. The topological polar surface area (TPSA) is 30.7 Å². The molecule has 0 N–H and O–H groups in total. The number of nitrogens with zero attached hydrogens (tertiary/aromatic N) is 3. The number of halogens is 6. The van der Waals surface area contributed by atoms with Crippen LogP contribution in [0.1, 0.15) is 22.3 Å². The Morgan fingerprint density at radius 2 is 0.908 bits per heavy atom.